The molecule has 0 saturated heterocycles. The zero-order valence-electron chi connectivity index (χ0n) is 34.0. The number of hydrogen-bond donors (Lipinski definition) is 0. The van der Waals surface area contributed by atoms with Crippen LogP contribution in [0.1, 0.15) is 75.4 Å². The molecule has 0 saturated carbocycles. The molecule has 2 aromatic heterocycles. The number of hydrogen-bond acceptors (Lipinski definition) is 2. The molecular weight excluding hydrogens is 705 g/mol. The molecule has 58 heavy (non-hydrogen) atoms. The van der Waals surface area contributed by atoms with Gasteiger partial charge in [0.15, 0.2) is 0 Å². The van der Waals surface area contributed by atoms with E-state index in [9.17, 15) is 0 Å². The summed E-state index contributed by atoms with van der Waals surface area (Å²) in [5, 5.41) is 2.54. The molecular formula is C55H48N2O. The van der Waals surface area contributed by atoms with Crippen molar-refractivity contribution in [3.05, 3.63) is 186 Å². The largest absolute Gasteiger partial charge is 0.456 e. The Morgan fingerprint density at radius 3 is 2.14 bits per heavy atom. The number of fused-ring (bicyclic) bond motifs is 16. The van der Waals surface area contributed by atoms with Crippen LogP contribution < -0.4 is 4.90 Å². The average Bonchev–Trinajstić information content (AvgIpc) is 3.89. The molecule has 1 spiro atoms. The van der Waals surface area contributed by atoms with E-state index in [4.69, 9.17) is 4.42 Å². The van der Waals surface area contributed by atoms with Gasteiger partial charge >= 0.3 is 0 Å². The van der Waals surface area contributed by atoms with Crippen LogP contribution >= 0.6 is 0 Å². The third kappa shape index (κ3) is 4.14. The highest BCUT2D eigenvalue weighted by atomic mass is 16.3. The van der Waals surface area contributed by atoms with Crippen molar-refractivity contribution in [1.82, 2.24) is 4.57 Å². The van der Waals surface area contributed by atoms with E-state index in [-0.39, 0.29) is 21.8 Å². The van der Waals surface area contributed by atoms with E-state index in [1.807, 2.05) is 0 Å². The number of furan rings is 1. The average molecular weight is 753 g/mol. The molecule has 8 aromatic rings. The van der Waals surface area contributed by atoms with Crippen LogP contribution in [-0.4, -0.2) is 4.57 Å². The Morgan fingerprint density at radius 2 is 1.33 bits per heavy atom. The number of allylic oxidation sites excluding steroid dienone is 2. The summed E-state index contributed by atoms with van der Waals surface area (Å²) >= 11 is 0. The summed E-state index contributed by atoms with van der Waals surface area (Å²) in [5.41, 5.74) is 16.1. The first-order chi connectivity index (χ1) is 28.1. The van der Waals surface area contributed by atoms with Gasteiger partial charge in [0.2, 0.25) is 0 Å². The van der Waals surface area contributed by atoms with E-state index in [1.54, 1.807) is 0 Å². The molecule has 3 heteroatoms. The fourth-order valence-corrected chi connectivity index (χ4v) is 12.5. The van der Waals surface area contributed by atoms with Crippen LogP contribution in [0.3, 0.4) is 0 Å². The summed E-state index contributed by atoms with van der Waals surface area (Å²) in [6.07, 6.45) is 7.83. The zero-order chi connectivity index (χ0) is 39.2. The van der Waals surface area contributed by atoms with Crippen LogP contribution in [0.4, 0.5) is 17.1 Å². The molecule has 1 aliphatic heterocycles. The predicted molar refractivity (Wildman–Crippen MR) is 240 cm³/mol. The molecule has 3 aliphatic carbocycles. The SMILES string of the molecule is CC(C)(C)c1ccc(N(c2ccccc2)c2ccc3c(c2)-c2ccccc2C32C3CC=CCC3(C)n3c4c(c5ccccc53)-c3oc5ccccc5c3CC42C)cc1. The first kappa shape index (κ1) is 34.0. The van der Waals surface area contributed by atoms with E-state index in [1.165, 1.54) is 66.6 Å². The van der Waals surface area contributed by atoms with Crippen LogP contribution in [0.5, 0.6) is 0 Å². The predicted octanol–water partition coefficient (Wildman–Crippen LogP) is 14.3. The molecule has 4 atom stereocenters. The van der Waals surface area contributed by atoms with Crippen LogP contribution in [0, 0.1) is 5.92 Å². The van der Waals surface area contributed by atoms with Crippen molar-refractivity contribution in [2.75, 3.05) is 4.90 Å². The number of anilines is 3. The highest BCUT2D eigenvalue weighted by molar-refractivity contribution is 6.04. The third-order valence-corrected chi connectivity index (χ3v) is 14.9. The summed E-state index contributed by atoms with van der Waals surface area (Å²) in [6.45, 7) is 12.0. The quantitative estimate of drug-likeness (QED) is 0.168. The van der Waals surface area contributed by atoms with Crippen molar-refractivity contribution < 1.29 is 4.42 Å². The van der Waals surface area contributed by atoms with Gasteiger partial charge in [0, 0.05) is 72.5 Å². The maximum absolute atomic E-state index is 6.98. The van der Waals surface area contributed by atoms with Gasteiger partial charge in [-0.2, -0.15) is 0 Å². The van der Waals surface area contributed by atoms with Gasteiger partial charge in [-0.05, 0) is 108 Å². The molecule has 0 amide bonds. The van der Waals surface area contributed by atoms with Crippen LogP contribution in [0.15, 0.2) is 162 Å². The second-order valence-electron chi connectivity index (χ2n) is 18.9. The van der Waals surface area contributed by atoms with Crippen molar-refractivity contribution in [2.24, 2.45) is 5.92 Å². The van der Waals surface area contributed by atoms with Gasteiger partial charge in [-0.3, -0.25) is 0 Å². The minimum Gasteiger partial charge on any atom is -0.456 e. The van der Waals surface area contributed by atoms with Gasteiger partial charge in [-0.15, -0.1) is 0 Å². The minimum atomic E-state index is -0.321. The molecule has 0 fully saturated rings. The van der Waals surface area contributed by atoms with Crippen molar-refractivity contribution in [3.63, 3.8) is 0 Å². The normalized spacial score (nSPS) is 23.7. The third-order valence-electron chi connectivity index (χ3n) is 14.9. The Bertz CT molecular complexity index is 3010. The fourth-order valence-electron chi connectivity index (χ4n) is 12.5. The Hall–Kier alpha value is -6.06. The molecule has 4 unspecified atom stereocenters. The summed E-state index contributed by atoms with van der Waals surface area (Å²) < 4.78 is 9.78. The maximum atomic E-state index is 6.98. The molecule has 3 heterocycles. The number of aromatic nitrogens is 1. The first-order valence-electron chi connectivity index (χ1n) is 21.1. The van der Waals surface area contributed by atoms with Crippen molar-refractivity contribution >= 4 is 38.9 Å². The molecule has 0 N–H and O–H groups in total. The molecule has 0 bridgehead atoms. The monoisotopic (exact) mass is 752 g/mol. The van der Waals surface area contributed by atoms with Crippen LogP contribution in [0.2, 0.25) is 0 Å². The zero-order valence-corrected chi connectivity index (χ0v) is 34.0. The Morgan fingerprint density at radius 1 is 0.655 bits per heavy atom. The van der Waals surface area contributed by atoms with Gasteiger partial charge in [0.05, 0.1) is 0 Å². The van der Waals surface area contributed by atoms with E-state index < -0.39 is 0 Å². The number of nitrogens with zero attached hydrogens (tertiary/aromatic N) is 2. The number of rotatable bonds is 3. The standard InChI is InChI=1S/C55H48N2O/c1-52(2,3)35-26-28-37(29-27-35)56(36-17-7-6-8-18-36)38-30-31-45-42(33-38)39-19-9-12-22-44(39)55(45)48-25-15-16-32-54(48,5)57-46-23-13-10-21-41(46)49-50-43(34-53(55,4)51(49)57)40-20-11-14-24-47(40)58-50/h6-24,26-31,33,48H,25,32,34H2,1-5H3. The van der Waals surface area contributed by atoms with Crippen LogP contribution in [-0.2, 0) is 28.2 Å². The summed E-state index contributed by atoms with van der Waals surface area (Å²) in [5.74, 6) is 1.36. The molecule has 4 aliphatic rings. The lowest BCUT2D eigenvalue weighted by molar-refractivity contribution is 0.0264. The smallest absolute Gasteiger partial charge is 0.141 e. The highest BCUT2D eigenvalue weighted by Gasteiger charge is 2.69. The van der Waals surface area contributed by atoms with E-state index in [0.717, 1.165) is 42.0 Å². The summed E-state index contributed by atoms with van der Waals surface area (Å²) in [4.78, 5) is 2.44. The first-order valence-corrected chi connectivity index (χ1v) is 21.1. The Labute approximate surface area is 341 Å². The molecule has 0 radical (unpaired) electrons. The maximum Gasteiger partial charge on any atom is 0.141 e. The molecule has 284 valence electrons. The lowest BCUT2D eigenvalue weighted by Crippen LogP contribution is -2.65. The number of para-hydroxylation sites is 3. The van der Waals surface area contributed by atoms with E-state index >= 15 is 0 Å². The van der Waals surface area contributed by atoms with Gasteiger partial charge in [0.1, 0.15) is 11.3 Å². The van der Waals surface area contributed by atoms with E-state index in [2.05, 4.69) is 202 Å². The van der Waals surface area contributed by atoms with Crippen molar-refractivity contribution in [3.8, 4) is 22.5 Å². The fraction of sp³-hybridized carbons (Fsp3) is 0.236. The van der Waals surface area contributed by atoms with Gasteiger partial charge < -0.3 is 13.9 Å². The molecule has 6 aromatic carbocycles. The summed E-state index contributed by atoms with van der Waals surface area (Å²) in [7, 11) is 0. The second kappa shape index (κ2) is 11.5. The van der Waals surface area contributed by atoms with Gasteiger partial charge in [-0.1, -0.05) is 137 Å². The minimum absolute atomic E-state index is 0.0782. The van der Waals surface area contributed by atoms with Crippen LogP contribution in [0.25, 0.3) is 44.3 Å². The lowest BCUT2D eigenvalue weighted by atomic mass is 9.43. The van der Waals surface area contributed by atoms with E-state index in [0.29, 0.717) is 5.92 Å². The Kier molecular flexibility index (Phi) is 6.77. The lowest BCUT2D eigenvalue weighted by Gasteiger charge is -2.64. The highest BCUT2D eigenvalue weighted by Crippen LogP contribution is 2.73. The number of benzene rings is 6. The topological polar surface area (TPSA) is 21.3 Å². The Balaban J connectivity index is 1.17. The summed E-state index contributed by atoms with van der Waals surface area (Å²) in [6, 6.07) is 54.9. The second-order valence-corrected chi connectivity index (χ2v) is 18.9. The van der Waals surface area contributed by atoms with Gasteiger partial charge in [-0.25, -0.2) is 0 Å². The molecule has 12 rings (SSSR count). The van der Waals surface area contributed by atoms with Gasteiger partial charge in [0.25, 0.3) is 0 Å². The molecule has 3 nitrogen and oxygen atoms in total. The van der Waals surface area contributed by atoms with Crippen molar-refractivity contribution in [1.29, 1.82) is 0 Å². The van der Waals surface area contributed by atoms with Crippen molar-refractivity contribution in [2.45, 2.75) is 75.7 Å².